The second-order valence-corrected chi connectivity index (χ2v) is 6.83. The van der Waals surface area contributed by atoms with Crippen LogP contribution in [0.5, 0.6) is 0 Å². The van der Waals surface area contributed by atoms with Crippen LogP contribution >= 0.6 is 0 Å². The van der Waals surface area contributed by atoms with E-state index in [1.165, 1.54) is 7.05 Å². The molecule has 0 spiro atoms. The van der Waals surface area contributed by atoms with E-state index in [0.29, 0.717) is 4.90 Å². The van der Waals surface area contributed by atoms with Crippen molar-refractivity contribution in [2.45, 2.75) is 37.3 Å². The second kappa shape index (κ2) is 7.57. The molecule has 2 N–H and O–H groups in total. The molecule has 2 unspecified atom stereocenters. The fraction of sp³-hybridized carbons (Fsp3) is 0.412. The molecular formula is C17H25NO2S. The number of rotatable bonds is 0. The summed E-state index contributed by atoms with van der Waals surface area (Å²) in [7, 11) is -1.70. The molecule has 1 aliphatic carbocycles. The highest BCUT2D eigenvalue weighted by atomic mass is 32.2. The Hall–Kier alpha value is -1.39. The summed E-state index contributed by atoms with van der Waals surface area (Å²) < 4.78 is 25.0. The van der Waals surface area contributed by atoms with Crippen LogP contribution < -0.4 is 5.73 Å². The number of fused-ring (bicyclic) bond motifs is 2. The Kier molecular flexibility index (Phi) is 6.37. The number of aryl methyl sites for hydroxylation is 1. The highest BCUT2D eigenvalue weighted by Gasteiger charge is 2.38. The zero-order chi connectivity index (χ0) is 16.0. The number of benzene rings is 1. The molecule has 0 radical (unpaired) electrons. The van der Waals surface area contributed by atoms with E-state index in [1.807, 2.05) is 57.2 Å². The molecule has 1 aliphatic heterocycles. The lowest BCUT2D eigenvalue weighted by molar-refractivity contribution is 0.542. The summed E-state index contributed by atoms with van der Waals surface area (Å²) in [6.07, 6.45) is 8.41. The van der Waals surface area contributed by atoms with E-state index in [2.05, 4.69) is 5.73 Å². The Morgan fingerprint density at radius 1 is 1.10 bits per heavy atom. The molecule has 2 atom stereocenters. The van der Waals surface area contributed by atoms with E-state index in [1.54, 1.807) is 6.07 Å². The minimum Gasteiger partial charge on any atom is -0.333 e. The molecule has 1 aromatic carbocycles. The molecule has 0 amide bonds. The first-order valence-corrected chi connectivity index (χ1v) is 8.90. The summed E-state index contributed by atoms with van der Waals surface area (Å²) >= 11 is 0. The van der Waals surface area contributed by atoms with Crippen molar-refractivity contribution in [2.24, 2.45) is 11.7 Å². The molecule has 21 heavy (non-hydrogen) atoms. The summed E-state index contributed by atoms with van der Waals surface area (Å²) in [6, 6.07) is 5.73. The van der Waals surface area contributed by atoms with Gasteiger partial charge in [0.05, 0.1) is 10.1 Å². The van der Waals surface area contributed by atoms with Gasteiger partial charge in [0, 0.05) is 5.92 Å². The van der Waals surface area contributed by atoms with Gasteiger partial charge in [0.2, 0.25) is 0 Å². The smallest absolute Gasteiger partial charge is 0.185 e. The Bertz CT molecular complexity index is 630. The van der Waals surface area contributed by atoms with Gasteiger partial charge in [-0.3, -0.25) is 0 Å². The van der Waals surface area contributed by atoms with Crippen LogP contribution in [0.25, 0.3) is 0 Å². The van der Waals surface area contributed by atoms with Crippen LogP contribution in [-0.2, 0) is 16.3 Å². The van der Waals surface area contributed by atoms with E-state index >= 15 is 0 Å². The van der Waals surface area contributed by atoms with Crippen molar-refractivity contribution >= 4 is 9.84 Å². The Morgan fingerprint density at radius 3 is 2.38 bits per heavy atom. The van der Waals surface area contributed by atoms with Crippen molar-refractivity contribution in [1.29, 1.82) is 0 Å². The lowest BCUT2D eigenvalue weighted by Gasteiger charge is -2.30. The first kappa shape index (κ1) is 17.7. The van der Waals surface area contributed by atoms with Gasteiger partial charge in [-0.25, -0.2) is 8.42 Å². The maximum absolute atomic E-state index is 12.5. The Labute approximate surface area is 128 Å². The van der Waals surface area contributed by atoms with Gasteiger partial charge in [0.25, 0.3) is 0 Å². The third-order valence-electron chi connectivity index (χ3n) is 3.54. The fourth-order valence-electron chi connectivity index (χ4n) is 2.65. The van der Waals surface area contributed by atoms with Gasteiger partial charge in [0.15, 0.2) is 9.84 Å². The molecule has 0 saturated heterocycles. The van der Waals surface area contributed by atoms with Crippen LogP contribution in [0.15, 0.2) is 47.4 Å². The SMILES string of the molecule is CC.CN.Cc1ccc2c(c1)S(=O)(=O)C1C=CC=CC1C2. The molecule has 1 aromatic rings. The monoisotopic (exact) mass is 307 g/mol. The zero-order valence-corrected chi connectivity index (χ0v) is 14.0. The molecule has 4 heteroatoms. The average Bonchev–Trinajstić information content (AvgIpc) is 2.52. The van der Waals surface area contributed by atoms with E-state index in [4.69, 9.17) is 0 Å². The van der Waals surface area contributed by atoms with Crippen molar-refractivity contribution in [3.63, 3.8) is 0 Å². The number of sulfone groups is 1. The van der Waals surface area contributed by atoms with Crippen LogP contribution in [0.2, 0.25) is 0 Å². The van der Waals surface area contributed by atoms with Gasteiger partial charge in [-0.15, -0.1) is 0 Å². The molecule has 2 aliphatic rings. The zero-order valence-electron chi connectivity index (χ0n) is 13.2. The summed E-state index contributed by atoms with van der Waals surface area (Å²) in [5.41, 5.74) is 6.46. The summed E-state index contributed by atoms with van der Waals surface area (Å²) in [5, 5.41) is -0.373. The third-order valence-corrected chi connectivity index (χ3v) is 5.75. The first-order chi connectivity index (χ1) is 10.1. The van der Waals surface area contributed by atoms with Gasteiger partial charge in [-0.1, -0.05) is 50.3 Å². The van der Waals surface area contributed by atoms with Gasteiger partial charge in [0.1, 0.15) is 0 Å². The van der Waals surface area contributed by atoms with Crippen LogP contribution in [0.1, 0.15) is 25.0 Å². The predicted molar refractivity (Wildman–Crippen MR) is 89.1 cm³/mol. The number of hydrogen-bond acceptors (Lipinski definition) is 3. The number of nitrogens with two attached hydrogens (primary N) is 1. The standard InChI is InChI=1S/C14H14O2S.C2H6.CH5N/c1-10-6-7-12-9-11-4-2-3-5-13(11)17(15,16)14(12)8-10;2*1-2/h2-8,11,13H,9H2,1H3;1-2H3;2H2,1H3. The van der Waals surface area contributed by atoms with Crippen molar-refractivity contribution in [2.75, 3.05) is 7.05 Å². The fourth-order valence-corrected chi connectivity index (χ4v) is 4.75. The topological polar surface area (TPSA) is 60.2 Å². The van der Waals surface area contributed by atoms with Gasteiger partial charge < -0.3 is 5.73 Å². The molecule has 0 saturated carbocycles. The third kappa shape index (κ3) is 3.44. The van der Waals surface area contributed by atoms with Crippen LogP contribution in [-0.4, -0.2) is 20.7 Å². The van der Waals surface area contributed by atoms with Crippen molar-refractivity contribution < 1.29 is 8.42 Å². The van der Waals surface area contributed by atoms with E-state index in [0.717, 1.165) is 17.5 Å². The van der Waals surface area contributed by atoms with Gasteiger partial charge >= 0.3 is 0 Å². The van der Waals surface area contributed by atoms with Crippen molar-refractivity contribution in [1.82, 2.24) is 0 Å². The van der Waals surface area contributed by atoms with Gasteiger partial charge in [-0.05, 0) is 37.6 Å². The van der Waals surface area contributed by atoms with E-state index in [-0.39, 0.29) is 11.2 Å². The lowest BCUT2D eigenvalue weighted by atomic mass is 9.92. The Morgan fingerprint density at radius 2 is 1.71 bits per heavy atom. The Balaban J connectivity index is 0.000000510. The molecule has 1 heterocycles. The average molecular weight is 307 g/mol. The van der Waals surface area contributed by atoms with Crippen LogP contribution in [0.3, 0.4) is 0 Å². The molecule has 116 valence electrons. The lowest BCUT2D eigenvalue weighted by Crippen LogP contribution is -2.34. The summed E-state index contributed by atoms with van der Waals surface area (Å²) in [4.78, 5) is 0.527. The van der Waals surface area contributed by atoms with E-state index < -0.39 is 9.84 Å². The molecular weight excluding hydrogens is 282 g/mol. The molecule has 0 fully saturated rings. The largest absolute Gasteiger partial charge is 0.333 e. The molecule has 0 aromatic heterocycles. The first-order valence-electron chi connectivity index (χ1n) is 7.35. The second-order valence-electron chi connectivity index (χ2n) is 4.76. The van der Waals surface area contributed by atoms with Crippen molar-refractivity contribution in [3.8, 4) is 0 Å². The normalized spacial score (nSPS) is 23.7. The van der Waals surface area contributed by atoms with E-state index in [9.17, 15) is 8.42 Å². The van der Waals surface area contributed by atoms with Crippen LogP contribution in [0.4, 0.5) is 0 Å². The predicted octanol–water partition coefficient (Wildman–Crippen LogP) is 3.04. The highest BCUT2D eigenvalue weighted by Crippen LogP contribution is 2.36. The maximum atomic E-state index is 12.5. The van der Waals surface area contributed by atoms with Gasteiger partial charge in [-0.2, -0.15) is 0 Å². The minimum absolute atomic E-state index is 0.0974. The quantitative estimate of drug-likeness (QED) is 0.801. The molecule has 3 rings (SSSR count). The number of allylic oxidation sites excluding steroid dienone is 3. The molecule has 0 bridgehead atoms. The maximum Gasteiger partial charge on any atom is 0.185 e. The number of hydrogen-bond donors (Lipinski definition) is 1. The highest BCUT2D eigenvalue weighted by molar-refractivity contribution is 7.92. The molecule has 3 nitrogen and oxygen atoms in total. The summed E-state index contributed by atoms with van der Waals surface area (Å²) in [6.45, 7) is 5.93. The minimum atomic E-state index is -3.20. The van der Waals surface area contributed by atoms with Crippen molar-refractivity contribution in [3.05, 3.63) is 53.6 Å². The van der Waals surface area contributed by atoms with Crippen LogP contribution in [0, 0.1) is 12.8 Å². The summed E-state index contributed by atoms with van der Waals surface area (Å²) in [5.74, 6) is 0.0974.